The Bertz CT molecular complexity index is 559. The largest absolute Gasteiger partial charge is 0.420 e. The molecule has 0 N–H and O–H groups in total. The maximum atomic E-state index is 12.3. The SMILES string of the molecule is O=c1occ[n+]2ccc(C(F)(F)F)cc12. The van der Waals surface area contributed by atoms with Crippen molar-refractivity contribution in [1.82, 2.24) is 0 Å². The summed E-state index contributed by atoms with van der Waals surface area (Å²) in [5, 5.41) is 0. The molecule has 2 rings (SSSR count). The number of aromatic nitrogens is 1. The molecule has 0 aliphatic heterocycles. The summed E-state index contributed by atoms with van der Waals surface area (Å²) in [5.74, 6) is 0. The van der Waals surface area contributed by atoms with Gasteiger partial charge in [0.2, 0.25) is 6.20 Å². The third kappa shape index (κ3) is 1.70. The van der Waals surface area contributed by atoms with Crippen molar-refractivity contribution in [2.45, 2.75) is 6.18 Å². The van der Waals surface area contributed by atoms with Crippen LogP contribution in [-0.2, 0) is 6.18 Å². The van der Waals surface area contributed by atoms with Gasteiger partial charge in [0.1, 0.15) is 0 Å². The molecule has 0 fully saturated rings. The van der Waals surface area contributed by atoms with Gasteiger partial charge in [-0.05, 0) is 0 Å². The molecule has 2 aromatic rings. The lowest BCUT2D eigenvalue weighted by Gasteiger charge is -2.03. The number of rotatable bonds is 0. The van der Waals surface area contributed by atoms with E-state index in [1.807, 2.05) is 0 Å². The first-order chi connectivity index (χ1) is 6.98. The van der Waals surface area contributed by atoms with E-state index in [1.54, 1.807) is 0 Å². The lowest BCUT2D eigenvalue weighted by Crippen LogP contribution is -2.27. The molecule has 78 valence electrons. The number of hydrogen-bond acceptors (Lipinski definition) is 2. The molecule has 0 atom stereocenters. The number of alkyl halides is 3. The van der Waals surface area contributed by atoms with E-state index in [1.165, 1.54) is 10.6 Å². The summed E-state index contributed by atoms with van der Waals surface area (Å²) in [4.78, 5) is 11.1. The Morgan fingerprint density at radius 2 is 2.00 bits per heavy atom. The average molecular weight is 216 g/mol. The quantitative estimate of drug-likeness (QED) is 0.624. The van der Waals surface area contributed by atoms with E-state index >= 15 is 0 Å². The van der Waals surface area contributed by atoms with E-state index in [0.717, 1.165) is 24.6 Å². The van der Waals surface area contributed by atoms with Crippen LogP contribution in [0, 0.1) is 0 Å². The van der Waals surface area contributed by atoms with Crippen LogP contribution in [0.5, 0.6) is 0 Å². The molecule has 0 saturated carbocycles. The van der Waals surface area contributed by atoms with Gasteiger partial charge in [-0.15, -0.1) is 0 Å². The fourth-order valence-corrected chi connectivity index (χ4v) is 1.20. The zero-order valence-electron chi connectivity index (χ0n) is 7.28. The molecular weight excluding hydrogens is 211 g/mol. The van der Waals surface area contributed by atoms with E-state index in [-0.39, 0.29) is 5.52 Å². The van der Waals surface area contributed by atoms with Gasteiger partial charge in [-0.2, -0.15) is 17.6 Å². The Morgan fingerprint density at radius 1 is 1.27 bits per heavy atom. The minimum absolute atomic E-state index is 0.146. The van der Waals surface area contributed by atoms with E-state index in [2.05, 4.69) is 4.42 Å². The molecule has 2 aromatic heterocycles. The second kappa shape index (κ2) is 3.08. The van der Waals surface area contributed by atoms with Gasteiger partial charge in [-0.3, -0.25) is 0 Å². The molecule has 0 bridgehead atoms. The Labute approximate surface area is 81.4 Å². The molecule has 6 heteroatoms. The topological polar surface area (TPSA) is 34.3 Å². The first kappa shape index (κ1) is 9.70. The molecule has 0 radical (unpaired) electrons. The predicted molar refractivity (Wildman–Crippen MR) is 43.1 cm³/mol. The Kier molecular flexibility index (Phi) is 1.99. The second-order valence-electron chi connectivity index (χ2n) is 2.90. The van der Waals surface area contributed by atoms with Gasteiger partial charge in [0.15, 0.2) is 12.5 Å². The summed E-state index contributed by atoms with van der Waals surface area (Å²) in [7, 11) is 0. The molecule has 0 unspecified atom stereocenters. The smallest absolute Gasteiger partial charge is 0.416 e. The number of halogens is 3. The first-order valence-corrected chi connectivity index (χ1v) is 3.98. The number of fused-ring (bicyclic) bond motifs is 1. The van der Waals surface area contributed by atoms with Crippen molar-refractivity contribution in [3.63, 3.8) is 0 Å². The molecule has 0 aliphatic rings. The van der Waals surface area contributed by atoms with E-state index in [0.29, 0.717) is 0 Å². The molecule has 0 saturated heterocycles. The van der Waals surface area contributed by atoms with Crippen molar-refractivity contribution in [2.24, 2.45) is 0 Å². The monoisotopic (exact) mass is 216 g/mol. The lowest BCUT2D eigenvalue weighted by molar-refractivity contribution is -0.515. The Balaban J connectivity index is 2.76. The fourth-order valence-electron chi connectivity index (χ4n) is 1.20. The van der Waals surface area contributed by atoms with Crippen LogP contribution in [0.3, 0.4) is 0 Å². The van der Waals surface area contributed by atoms with Crippen LogP contribution >= 0.6 is 0 Å². The molecule has 0 spiro atoms. The van der Waals surface area contributed by atoms with Crippen molar-refractivity contribution in [2.75, 3.05) is 0 Å². The summed E-state index contributed by atoms with van der Waals surface area (Å²) < 4.78 is 42.6. The molecule has 15 heavy (non-hydrogen) atoms. The van der Waals surface area contributed by atoms with Crippen LogP contribution in [0.2, 0.25) is 0 Å². The minimum atomic E-state index is -4.46. The Hall–Kier alpha value is -1.85. The zero-order chi connectivity index (χ0) is 11.1. The van der Waals surface area contributed by atoms with Crippen molar-refractivity contribution >= 4 is 5.52 Å². The van der Waals surface area contributed by atoms with Crippen molar-refractivity contribution in [1.29, 1.82) is 0 Å². The fraction of sp³-hybridized carbons (Fsp3) is 0.111. The van der Waals surface area contributed by atoms with Crippen LogP contribution in [0.4, 0.5) is 13.2 Å². The van der Waals surface area contributed by atoms with Gasteiger partial charge in [-0.25, -0.2) is 4.79 Å². The highest BCUT2D eigenvalue weighted by Crippen LogP contribution is 2.28. The predicted octanol–water partition coefficient (Wildman–Crippen LogP) is 1.40. The van der Waals surface area contributed by atoms with Gasteiger partial charge in [0.05, 0.1) is 5.56 Å². The number of hydrogen-bond donors (Lipinski definition) is 0. The molecule has 3 nitrogen and oxygen atoms in total. The summed E-state index contributed by atoms with van der Waals surface area (Å²) in [5.41, 5.74) is -1.82. The summed E-state index contributed by atoms with van der Waals surface area (Å²) in [6.07, 6.45) is -0.828. The maximum Gasteiger partial charge on any atom is 0.416 e. The van der Waals surface area contributed by atoms with Gasteiger partial charge in [0.25, 0.3) is 5.52 Å². The molecular formula is C9H5F3NO2+. The van der Waals surface area contributed by atoms with Gasteiger partial charge in [0, 0.05) is 12.1 Å². The highest BCUT2D eigenvalue weighted by Gasteiger charge is 2.32. The van der Waals surface area contributed by atoms with Gasteiger partial charge in [-0.1, -0.05) is 0 Å². The number of pyridine rings is 1. The van der Waals surface area contributed by atoms with Crippen LogP contribution in [0.25, 0.3) is 5.52 Å². The summed E-state index contributed by atoms with van der Waals surface area (Å²) in [6, 6.07) is 1.65. The lowest BCUT2D eigenvalue weighted by atomic mass is 10.2. The third-order valence-electron chi connectivity index (χ3n) is 1.92. The number of nitrogens with zero attached hydrogens (tertiary/aromatic N) is 1. The first-order valence-electron chi connectivity index (χ1n) is 3.98. The van der Waals surface area contributed by atoms with Crippen LogP contribution in [0.15, 0.2) is 40.0 Å². The van der Waals surface area contributed by atoms with E-state index < -0.39 is 17.4 Å². The zero-order valence-corrected chi connectivity index (χ0v) is 7.28. The van der Waals surface area contributed by atoms with E-state index in [4.69, 9.17) is 0 Å². The van der Waals surface area contributed by atoms with Crippen molar-refractivity contribution < 1.29 is 22.0 Å². The third-order valence-corrected chi connectivity index (χ3v) is 1.92. The molecule has 0 aliphatic carbocycles. The van der Waals surface area contributed by atoms with Crippen molar-refractivity contribution in [3.8, 4) is 0 Å². The highest BCUT2D eigenvalue weighted by molar-refractivity contribution is 5.38. The standard InChI is InChI=1S/C9H5F3NO2/c10-9(11,12)6-1-2-13-3-4-15-8(14)7(13)5-6/h1-5H/q+1. The van der Waals surface area contributed by atoms with Gasteiger partial charge >= 0.3 is 11.8 Å². The van der Waals surface area contributed by atoms with Gasteiger partial charge < -0.3 is 4.42 Å². The summed E-state index contributed by atoms with van der Waals surface area (Å²) in [6.45, 7) is 0. The molecule has 0 aromatic carbocycles. The minimum Gasteiger partial charge on any atom is -0.420 e. The van der Waals surface area contributed by atoms with E-state index in [9.17, 15) is 18.0 Å². The molecule has 2 heterocycles. The second-order valence-corrected chi connectivity index (χ2v) is 2.90. The Morgan fingerprint density at radius 3 is 2.67 bits per heavy atom. The highest BCUT2D eigenvalue weighted by atomic mass is 19.4. The van der Waals surface area contributed by atoms with Crippen LogP contribution < -0.4 is 10.0 Å². The summed E-state index contributed by atoms with van der Waals surface area (Å²) >= 11 is 0. The van der Waals surface area contributed by atoms with Crippen molar-refractivity contribution in [3.05, 3.63) is 46.8 Å². The molecule has 0 amide bonds. The van der Waals surface area contributed by atoms with Crippen LogP contribution in [-0.4, -0.2) is 0 Å². The van der Waals surface area contributed by atoms with Crippen LogP contribution in [0.1, 0.15) is 5.56 Å². The normalized spacial score (nSPS) is 11.9. The maximum absolute atomic E-state index is 12.3. The average Bonchev–Trinajstić information content (AvgIpc) is 2.16.